The number of sulfonamides is 1. The van der Waals surface area contributed by atoms with Crippen molar-refractivity contribution in [3.8, 4) is 0 Å². The molecule has 1 aromatic rings. The van der Waals surface area contributed by atoms with E-state index < -0.39 is 27.3 Å². The van der Waals surface area contributed by atoms with Crippen LogP contribution in [0.25, 0.3) is 0 Å². The Morgan fingerprint density at radius 2 is 1.66 bits per heavy atom. The summed E-state index contributed by atoms with van der Waals surface area (Å²) in [5.74, 6) is 0.552. The average Bonchev–Trinajstić information content (AvgIpc) is 2.60. The topological polar surface area (TPSA) is 121 Å². The number of guanidine groups is 1. The van der Waals surface area contributed by atoms with Crippen LogP contribution in [0.1, 0.15) is 40.2 Å². The Labute approximate surface area is 173 Å². The summed E-state index contributed by atoms with van der Waals surface area (Å²) in [6, 6.07) is 6.57. The molecule has 0 aromatic heterocycles. The molecule has 4 N–H and O–H groups in total. The van der Waals surface area contributed by atoms with Crippen LogP contribution >= 0.6 is 0 Å². The predicted octanol–water partition coefficient (Wildman–Crippen LogP) is 1.56. The van der Waals surface area contributed by atoms with E-state index in [0.29, 0.717) is 19.0 Å². The molecular weight excluding hydrogens is 394 g/mol. The zero-order valence-electron chi connectivity index (χ0n) is 18.2. The number of hydrogen-bond acceptors (Lipinski definition) is 5. The maximum absolute atomic E-state index is 12.0. The number of alkyl carbamates (subject to hydrolysis) is 1. The van der Waals surface area contributed by atoms with Crippen LogP contribution in [0.4, 0.5) is 4.79 Å². The monoisotopic (exact) mass is 427 g/mol. The molecule has 0 radical (unpaired) electrons. The van der Waals surface area contributed by atoms with E-state index in [-0.39, 0.29) is 4.90 Å². The van der Waals surface area contributed by atoms with E-state index in [1.165, 1.54) is 7.05 Å². The summed E-state index contributed by atoms with van der Waals surface area (Å²) in [5, 5.41) is 9.13. The van der Waals surface area contributed by atoms with Crippen molar-refractivity contribution in [2.24, 2.45) is 4.99 Å². The summed E-state index contributed by atoms with van der Waals surface area (Å²) in [6.45, 7) is 10.1. The van der Waals surface area contributed by atoms with Crippen molar-refractivity contribution in [2.75, 3.05) is 20.6 Å². The summed E-state index contributed by atoms with van der Waals surface area (Å²) in [6.07, 6.45) is -0.483. The maximum Gasteiger partial charge on any atom is 0.408 e. The van der Waals surface area contributed by atoms with Gasteiger partial charge in [-0.1, -0.05) is 12.1 Å². The molecule has 0 fully saturated rings. The van der Waals surface area contributed by atoms with Crippen LogP contribution in [-0.4, -0.2) is 52.3 Å². The van der Waals surface area contributed by atoms with Crippen molar-refractivity contribution in [2.45, 2.75) is 57.2 Å². The number of rotatable bonds is 7. The second-order valence-corrected chi connectivity index (χ2v) is 10.0. The fourth-order valence-electron chi connectivity index (χ4n) is 2.24. The average molecular weight is 428 g/mol. The van der Waals surface area contributed by atoms with Crippen LogP contribution in [0.3, 0.4) is 0 Å². The van der Waals surface area contributed by atoms with Crippen molar-refractivity contribution < 1.29 is 17.9 Å². The Balaban J connectivity index is 2.57. The van der Waals surface area contributed by atoms with Gasteiger partial charge >= 0.3 is 6.09 Å². The summed E-state index contributed by atoms with van der Waals surface area (Å²) in [5.41, 5.74) is -0.231. The molecule has 0 aliphatic rings. The Hall–Kier alpha value is -2.33. The molecule has 164 valence electrons. The maximum atomic E-state index is 12.0. The molecule has 9 nitrogen and oxygen atoms in total. The molecule has 10 heteroatoms. The molecule has 0 spiro atoms. The number of hydrogen-bond donors (Lipinski definition) is 4. The van der Waals surface area contributed by atoms with E-state index in [1.807, 2.05) is 34.6 Å². The quantitative estimate of drug-likeness (QED) is 0.387. The molecule has 0 heterocycles. The Morgan fingerprint density at radius 3 is 2.14 bits per heavy atom. The third-order valence-corrected chi connectivity index (χ3v) is 5.15. The molecule has 1 rings (SSSR count). The summed E-state index contributed by atoms with van der Waals surface area (Å²) < 4.78 is 31.1. The number of amides is 1. The van der Waals surface area contributed by atoms with E-state index in [9.17, 15) is 13.2 Å². The summed E-state index contributed by atoms with van der Waals surface area (Å²) >= 11 is 0. The molecule has 1 aromatic carbocycles. The third-order valence-electron chi connectivity index (χ3n) is 3.72. The lowest BCUT2D eigenvalue weighted by Crippen LogP contribution is -2.54. The molecule has 0 aliphatic carbocycles. The van der Waals surface area contributed by atoms with Crippen molar-refractivity contribution in [1.29, 1.82) is 0 Å². The molecule has 0 aliphatic heterocycles. The fraction of sp³-hybridized carbons (Fsp3) is 0.579. The Bertz CT molecular complexity index is 812. The van der Waals surface area contributed by atoms with Gasteiger partial charge in [0, 0.05) is 20.1 Å². The van der Waals surface area contributed by atoms with Crippen LogP contribution in [-0.2, 0) is 21.3 Å². The van der Waals surface area contributed by atoms with Crippen molar-refractivity contribution in [1.82, 2.24) is 20.7 Å². The number of benzene rings is 1. The van der Waals surface area contributed by atoms with Crippen molar-refractivity contribution >= 4 is 22.1 Å². The van der Waals surface area contributed by atoms with Crippen molar-refractivity contribution in [3.05, 3.63) is 29.8 Å². The molecule has 0 bridgehead atoms. The van der Waals surface area contributed by atoms with Crippen LogP contribution in [0, 0.1) is 0 Å². The number of nitrogens with zero attached hydrogens (tertiary/aromatic N) is 1. The highest BCUT2D eigenvalue weighted by Gasteiger charge is 2.24. The first-order valence-corrected chi connectivity index (χ1v) is 10.7. The molecule has 0 saturated carbocycles. The van der Waals surface area contributed by atoms with E-state index in [2.05, 4.69) is 25.7 Å². The lowest BCUT2D eigenvalue weighted by molar-refractivity contribution is 0.0474. The number of carbonyl (C=O) groups excluding carboxylic acids is 1. The standard InChI is InChI=1S/C19H33N5O4S/c1-18(2,3)28-17(25)24-19(4,5)13-23-16(20-6)22-12-14-8-10-15(11-9-14)29(26,27)21-7/h8-11,21H,12-13H2,1-7H3,(H,24,25)(H2,20,22,23). The minimum atomic E-state index is -3.45. The SMILES string of the molecule is CN=C(NCc1ccc(S(=O)(=O)NC)cc1)NCC(C)(C)NC(=O)OC(C)(C)C. The van der Waals surface area contributed by atoms with Gasteiger partial charge in [0.25, 0.3) is 0 Å². The second-order valence-electron chi connectivity index (χ2n) is 8.14. The minimum Gasteiger partial charge on any atom is -0.444 e. The zero-order valence-corrected chi connectivity index (χ0v) is 19.0. The third kappa shape index (κ3) is 9.14. The molecule has 0 unspecified atom stereocenters. The first kappa shape index (κ1) is 24.7. The predicted molar refractivity (Wildman–Crippen MR) is 114 cm³/mol. The number of ether oxygens (including phenoxy) is 1. The highest BCUT2D eigenvalue weighted by Crippen LogP contribution is 2.10. The van der Waals surface area contributed by atoms with Crippen LogP contribution in [0.2, 0.25) is 0 Å². The van der Waals surface area contributed by atoms with Gasteiger partial charge in [0.15, 0.2) is 5.96 Å². The lowest BCUT2D eigenvalue weighted by atomic mass is 10.1. The highest BCUT2D eigenvalue weighted by molar-refractivity contribution is 7.89. The second kappa shape index (κ2) is 9.93. The first-order valence-electron chi connectivity index (χ1n) is 9.26. The first-order chi connectivity index (χ1) is 13.3. The summed E-state index contributed by atoms with van der Waals surface area (Å²) in [4.78, 5) is 16.3. The Morgan fingerprint density at radius 1 is 1.07 bits per heavy atom. The van der Waals surface area contributed by atoms with Gasteiger partial charge in [-0.25, -0.2) is 17.9 Å². The van der Waals surface area contributed by atoms with E-state index in [4.69, 9.17) is 4.74 Å². The van der Waals surface area contributed by atoms with Gasteiger partial charge in [-0.3, -0.25) is 4.99 Å². The number of aliphatic imine (C=N–C) groups is 1. The van der Waals surface area contributed by atoms with Gasteiger partial charge in [0.05, 0.1) is 10.4 Å². The smallest absolute Gasteiger partial charge is 0.408 e. The van der Waals surface area contributed by atoms with E-state index in [0.717, 1.165) is 5.56 Å². The van der Waals surface area contributed by atoms with Crippen LogP contribution < -0.4 is 20.7 Å². The van der Waals surface area contributed by atoms with Gasteiger partial charge in [-0.2, -0.15) is 0 Å². The van der Waals surface area contributed by atoms with Crippen LogP contribution in [0.15, 0.2) is 34.2 Å². The highest BCUT2D eigenvalue weighted by atomic mass is 32.2. The molecular formula is C19H33N5O4S. The minimum absolute atomic E-state index is 0.209. The normalized spacial score (nSPS) is 13.0. The molecule has 0 saturated heterocycles. The Kier molecular flexibility index (Phi) is 8.46. The number of nitrogens with one attached hydrogen (secondary N) is 4. The van der Waals surface area contributed by atoms with Crippen LogP contribution in [0.5, 0.6) is 0 Å². The van der Waals surface area contributed by atoms with Crippen molar-refractivity contribution in [3.63, 3.8) is 0 Å². The molecule has 0 atom stereocenters. The zero-order chi connectivity index (χ0) is 22.3. The van der Waals surface area contributed by atoms with Gasteiger partial charge in [-0.15, -0.1) is 0 Å². The van der Waals surface area contributed by atoms with E-state index in [1.54, 1.807) is 31.3 Å². The summed E-state index contributed by atoms with van der Waals surface area (Å²) in [7, 11) is -0.429. The molecule has 29 heavy (non-hydrogen) atoms. The van der Waals surface area contributed by atoms with Gasteiger partial charge in [0.2, 0.25) is 10.0 Å². The van der Waals surface area contributed by atoms with Gasteiger partial charge < -0.3 is 20.7 Å². The lowest BCUT2D eigenvalue weighted by Gasteiger charge is -2.29. The number of carbonyl (C=O) groups is 1. The van der Waals surface area contributed by atoms with Gasteiger partial charge in [-0.05, 0) is 59.4 Å². The van der Waals surface area contributed by atoms with E-state index >= 15 is 0 Å². The fourth-order valence-corrected chi connectivity index (χ4v) is 2.97. The molecule has 1 amide bonds. The largest absolute Gasteiger partial charge is 0.444 e. The van der Waals surface area contributed by atoms with Gasteiger partial charge in [0.1, 0.15) is 5.60 Å².